The van der Waals surface area contributed by atoms with Gasteiger partial charge in [-0.2, -0.15) is 0 Å². The molecule has 100 valence electrons. The summed E-state index contributed by atoms with van der Waals surface area (Å²) in [6.07, 6.45) is 2.75. The van der Waals surface area contributed by atoms with Crippen molar-refractivity contribution < 1.29 is 0 Å². The van der Waals surface area contributed by atoms with E-state index in [1.165, 1.54) is 22.3 Å². The maximum absolute atomic E-state index is 4.35. The molecule has 0 atom stereocenters. The first-order valence-electron chi connectivity index (χ1n) is 6.83. The van der Waals surface area contributed by atoms with Gasteiger partial charge in [0.25, 0.3) is 0 Å². The zero-order valence-corrected chi connectivity index (χ0v) is 12.4. The zero-order valence-electron chi connectivity index (χ0n) is 12.4. The van der Waals surface area contributed by atoms with Gasteiger partial charge < -0.3 is 0 Å². The molecule has 1 heterocycles. The SMILES string of the molecule is C=C(C)Cc1ccccc1-c1cccnc1C.CC. The van der Waals surface area contributed by atoms with E-state index in [9.17, 15) is 0 Å². The third kappa shape index (κ3) is 4.06. The Balaban J connectivity index is 0.000000861. The fourth-order valence-electron chi connectivity index (χ4n) is 2.03. The van der Waals surface area contributed by atoms with E-state index in [-0.39, 0.29) is 0 Å². The normalized spacial score (nSPS) is 9.47. The van der Waals surface area contributed by atoms with Gasteiger partial charge in [-0.3, -0.25) is 4.98 Å². The third-order valence-electron chi connectivity index (χ3n) is 2.81. The van der Waals surface area contributed by atoms with Crippen LogP contribution in [0, 0.1) is 6.92 Å². The summed E-state index contributed by atoms with van der Waals surface area (Å²) in [6, 6.07) is 12.6. The Morgan fingerprint density at radius 2 is 1.68 bits per heavy atom. The van der Waals surface area contributed by atoms with Crippen molar-refractivity contribution in [2.45, 2.75) is 34.1 Å². The van der Waals surface area contributed by atoms with E-state index in [1.807, 2.05) is 33.0 Å². The van der Waals surface area contributed by atoms with Crippen LogP contribution >= 0.6 is 0 Å². The van der Waals surface area contributed by atoms with E-state index < -0.39 is 0 Å². The molecule has 2 aromatic rings. The highest BCUT2D eigenvalue weighted by molar-refractivity contribution is 5.69. The van der Waals surface area contributed by atoms with Crippen molar-refractivity contribution >= 4 is 0 Å². The fraction of sp³-hybridized carbons (Fsp3) is 0.278. The summed E-state index contributed by atoms with van der Waals surface area (Å²) in [4.78, 5) is 4.35. The maximum atomic E-state index is 4.35. The Morgan fingerprint density at radius 1 is 1.05 bits per heavy atom. The van der Waals surface area contributed by atoms with Crippen molar-refractivity contribution in [2.24, 2.45) is 0 Å². The van der Waals surface area contributed by atoms with E-state index in [0.29, 0.717) is 0 Å². The summed E-state index contributed by atoms with van der Waals surface area (Å²) < 4.78 is 0. The summed E-state index contributed by atoms with van der Waals surface area (Å²) in [6.45, 7) is 12.1. The molecule has 1 aromatic heterocycles. The van der Waals surface area contributed by atoms with Crippen molar-refractivity contribution in [2.75, 3.05) is 0 Å². The minimum absolute atomic E-state index is 0.921. The number of aromatic nitrogens is 1. The molecule has 1 aromatic carbocycles. The first kappa shape index (κ1) is 15.2. The average molecular weight is 253 g/mol. The van der Waals surface area contributed by atoms with E-state index in [1.54, 1.807) is 0 Å². The summed E-state index contributed by atoms with van der Waals surface area (Å²) in [5.41, 5.74) is 6.04. The lowest BCUT2D eigenvalue weighted by Gasteiger charge is -2.11. The Hall–Kier alpha value is -1.89. The number of allylic oxidation sites excluding steroid dienone is 1. The molecule has 0 aliphatic rings. The van der Waals surface area contributed by atoms with Crippen molar-refractivity contribution in [3.05, 3.63) is 66.0 Å². The predicted octanol–water partition coefficient (Wildman–Crippen LogP) is 5.20. The molecule has 0 saturated heterocycles. The number of hydrogen-bond donors (Lipinski definition) is 0. The van der Waals surface area contributed by atoms with Crippen LogP contribution < -0.4 is 0 Å². The number of hydrogen-bond acceptors (Lipinski definition) is 1. The highest BCUT2D eigenvalue weighted by atomic mass is 14.7. The zero-order chi connectivity index (χ0) is 14.3. The van der Waals surface area contributed by atoms with Crippen LogP contribution in [-0.4, -0.2) is 4.98 Å². The van der Waals surface area contributed by atoms with Gasteiger partial charge in [-0.15, -0.1) is 0 Å². The van der Waals surface area contributed by atoms with Gasteiger partial charge in [0.1, 0.15) is 0 Å². The lowest BCUT2D eigenvalue weighted by Crippen LogP contribution is -1.93. The molecule has 0 unspecified atom stereocenters. The first-order valence-corrected chi connectivity index (χ1v) is 6.83. The van der Waals surface area contributed by atoms with E-state index in [4.69, 9.17) is 0 Å². The molecule has 2 rings (SSSR count). The second kappa shape index (κ2) is 7.52. The molecule has 0 aliphatic heterocycles. The van der Waals surface area contributed by atoms with E-state index >= 15 is 0 Å². The number of pyridine rings is 1. The Kier molecular flexibility index (Phi) is 6.01. The van der Waals surface area contributed by atoms with Crippen LogP contribution in [-0.2, 0) is 6.42 Å². The molecule has 19 heavy (non-hydrogen) atoms. The highest BCUT2D eigenvalue weighted by Crippen LogP contribution is 2.26. The summed E-state index contributed by atoms with van der Waals surface area (Å²) in [5, 5.41) is 0. The largest absolute Gasteiger partial charge is 0.261 e. The van der Waals surface area contributed by atoms with Gasteiger partial charge in [0, 0.05) is 17.5 Å². The molecule has 0 saturated carbocycles. The Bertz CT molecular complexity index is 541. The molecule has 0 aliphatic carbocycles. The van der Waals surface area contributed by atoms with Crippen LogP contribution in [0.3, 0.4) is 0 Å². The van der Waals surface area contributed by atoms with Gasteiger partial charge in [0.15, 0.2) is 0 Å². The van der Waals surface area contributed by atoms with Crippen molar-refractivity contribution in [3.63, 3.8) is 0 Å². The molecule has 1 nitrogen and oxygen atoms in total. The van der Waals surface area contributed by atoms with Crippen molar-refractivity contribution in [1.29, 1.82) is 0 Å². The minimum atomic E-state index is 0.921. The number of rotatable bonds is 3. The Morgan fingerprint density at radius 3 is 2.32 bits per heavy atom. The topological polar surface area (TPSA) is 12.9 Å². The van der Waals surface area contributed by atoms with Crippen molar-refractivity contribution in [3.8, 4) is 11.1 Å². The Labute approximate surface area is 117 Å². The van der Waals surface area contributed by atoms with Gasteiger partial charge in [0.05, 0.1) is 0 Å². The maximum Gasteiger partial charge on any atom is 0.0451 e. The molecule has 0 N–H and O–H groups in total. The summed E-state index contributed by atoms with van der Waals surface area (Å²) >= 11 is 0. The number of aryl methyl sites for hydroxylation is 1. The van der Waals surface area contributed by atoms with Crippen LogP contribution in [0.25, 0.3) is 11.1 Å². The van der Waals surface area contributed by atoms with Crippen LogP contribution in [0.1, 0.15) is 32.0 Å². The molecule has 0 fully saturated rings. The monoisotopic (exact) mass is 253 g/mol. The fourth-order valence-corrected chi connectivity index (χ4v) is 2.03. The standard InChI is InChI=1S/C16H17N.C2H6/c1-12(2)11-14-7-4-5-8-16(14)15-9-6-10-17-13(15)3;1-2/h4-10H,1,11H2,2-3H3;1-2H3. The highest BCUT2D eigenvalue weighted by Gasteiger charge is 2.07. The summed E-state index contributed by atoms with van der Waals surface area (Å²) in [5.74, 6) is 0. The number of nitrogens with zero attached hydrogens (tertiary/aromatic N) is 1. The molecule has 1 heteroatoms. The average Bonchev–Trinajstić information content (AvgIpc) is 2.42. The van der Waals surface area contributed by atoms with Gasteiger partial charge in [-0.25, -0.2) is 0 Å². The molecule has 0 spiro atoms. The molecular weight excluding hydrogens is 230 g/mol. The van der Waals surface area contributed by atoms with Gasteiger partial charge >= 0.3 is 0 Å². The number of benzene rings is 1. The van der Waals surface area contributed by atoms with E-state index in [0.717, 1.165) is 12.1 Å². The first-order chi connectivity index (χ1) is 9.18. The predicted molar refractivity (Wildman–Crippen MR) is 84.3 cm³/mol. The second-order valence-electron chi connectivity index (χ2n) is 4.43. The van der Waals surface area contributed by atoms with Gasteiger partial charge in [-0.1, -0.05) is 56.3 Å². The van der Waals surface area contributed by atoms with Crippen LogP contribution in [0.2, 0.25) is 0 Å². The van der Waals surface area contributed by atoms with Crippen LogP contribution in [0.15, 0.2) is 54.7 Å². The van der Waals surface area contributed by atoms with Crippen molar-refractivity contribution in [1.82, 2.24) is 4.98 Å². The van der Waals surface area contributed by atoms with Gasteiger partial charge in [0.2, 0.25) is 0 Å². The quantitative estimate of drug-likeness (QED) is 0.685. The molecule has 0 bridgehead atoms. The van der Waals surface area contributed by atoms with Crippen LogP contribution in [0.4, 0.5) is 0 Å². The third-order valence-corrected chi connectivity index (χ3v) is 2.81. The second-order valence-corrected chi connectivity index (χ2v) is 4.43. The lowest BCUT2D eigenvalue weighted by molar-refractivity contribution is 1.14. The molecule has 0 radical (unpaired) electrons. The van der Waals surface area contributed by atoms with Gasteiger partial charge in [-0.05, 0) is 37.5 Å². The van der Waals surface area contributed by atoms with E-state index in [2.05, 4.69) is 48.8 Å². The van der Waals surface area contributed by atoms with Crippen LogP contribution in [0.5, 0.6) is 0 Å². The molecular formula is C18H23N. The lowest BCUT2D eigenvalue weighted by atomic mass is 9.95. The smallest absolute Gasteiger partial charge is 0.0451 e. The summed E-state index contributed by atoms with van der Waals surface area (Å²) in [7, 11) is 0. The molecule has 0 amide bonds. The minimum Gasteiger partial charge on any atom is -0.261 e.